The van der Waals surface area contributed by atoms with Crippen molar-refractivity contribution in [3.63, 3.8) is 0 Å². The van der Waals surface area contributed by atoms with Crippen LogP contribution in [0.3, 0.4) is 0 Å². The van der Waals surface area contributed by atoms with Crippen molar-refractivity contribution in [2.24, 2.45) is 0 Å². The van der Waals surface area contributed by atoms with Crippen molar-refractivity contribution in [2.45, 2.75) is 32.6 Å². The zero-order valence-electron chi connectivity index (χ0n) is 16.1. The molecule has 6 heteroatoms. The lowest BCUT2D eigenvalue weighted by Crippen LogP contribution is -2.21. The maximum absolute atomic E-state index is 12.2. The molecular weight excluding hydrogens is 370 g/mol. The maximum Gasteiger partial charge on any atom is 0.310 e. The Morgan fingerprint density at radius 3 is 2.69 bits per heavy atom. The van der Waals surface area contributed by atoms with E-state index in [9.17, 15) is 14.4 Å². The summed E-state index contributed by atoms with van der Waals surface area (Å²) in [5, 5.41) is 3.55. The van der Waals surface area contributed by atoms with Crippen molar-refractivity contribution < 1.29 is 23.5 Å². The summed E-state index contributed by atoms with van der Waals surface area (Å²) in [4.78, 5) is 35.7. The van der Waals surface area contributed by atoms with Crippen LogP contribution >= 0.6 is 0 Å². The van der Waals surface area contributed by atoms with Crippen molar-refractivity contribution in [3.8, 4) is 0 Å². The zero-order valence-corrected chi connectivity index (χ0v) is 16.1. The van der Waals surface area contributed by atoms with Crippen molar-refractivity contribution in [2.75, 3.05) is 11.9 Å². The van der Waals surface area contributed by atoms with Gasteiger partial charge in [-0.15, -0.1) is 0 Å². The number of carbonyl (C=O) groups is 3. The van der Waals surface area contributed by atoms with Gasteiger partial charge in [0.25, 0.3) is 5.91 Å². The Morgan fingerprint density at radius 1 is 1.10 bits per heavy atom. The van der Waals surface area contributed by atoms with Crippen molar-refractivity contribution in [1.82, 2.24) is 0 Å². The fraction of sp³-hybridized carbons (Fsp3) is 0.261. The topological polar surface area (TPSA) is 85.6 Å². The Labute approximate surface area is 167 Å². The van der Waals surface area contributed by atoms with E-state index in [0.29, 0.717) is 11.3 Å². The summed E-state index contributed by atoms with van der Waals surface area (Å²) < 4.78 is 10.7. The molecule has 1 aliphatic rings. The molecule has 1 heterocycles. The molecule has 148 valence electrons. The lowest BCUT2D eigenvalue weighted by Gasteiger charge is -2.07. The first-order chi connectivity index (χ1) is 14.0. The summed E-state index contributed by atoms with van der Waals surface area (Å²) in [5.41, 5.74) is 5.13. The molecule has 3 aromatic rings. The molecule has 1 aromatic heterocycles. The number of anilines is 1. The number of benzene rings is 2. The monoisotopic (exact) mass is 391 g/mol. The van der Waals surface area contributed by atoms with E-state index in [1.165, 1.54) is 18.1 Å². The lowest BCUT2D eigenvalue weighted by molar-refractivity contribution is -0.146. The predicted molar refractivity (Wildman–Crippen MR) is 108 cm³/mol. The first-order valence-electron chi connectivity index (χ1n) is 9.58. The number of aryl methyl sites for hydroxylation is 2. The van der Waals surface area contributed by atoms with Crippen LogP contribution in [-0.2, 0) is 33.6 Å². The van der Waals surface area contributed by atoms with Gasteiger partial charge in [-0.05, 0) is 61.6 Å². The number of ketones is 1. The Bertz CT molecular complexity index is 1110. The molecule has 0 saturated heterocycles. The fourth-order valence-electron chi connectivity index (χ4n) is 3.65. The van der Waals surface area contributed by atoms with Gasteiger partial charge in [-0.25, -0.2) is 0 Å². The summed E-state index contributed by atoms with van der Waals surface area (Å²) in [7, 11) is 0. The molecule has 0 spiro atoms. The largest absolute Gasteiger partial charge is 0.464 e. The summed E-state index contributed by atoms with van der Waals surface area (Å²) in [6.45, 7) is 1.06. The Balaban J connectivity index is 1.34. The zero-order chi connectivity index (χ0) is 20.4. The molecule has 1 amide bonds. The van der Waals surface area contributed by atoms with Crippen molar-refractivity contribution in [3.05, 3.63) is 64.9 Å². The molecular formula is C23H21NO5. The normalized spacial score (nSPS) is 12.6. The van der Waals surface area contributed by atoms with Crippen LogP contribution < -0.4 is 5.32 Å². The minimum Gasteiger partial charge on any atom is -0.464 e. The highest BCUT2D eigenvalue weighted by atomic mass is 16.5. The SMILES string of the molecule is CC(=O)c1cccc(NC(=O)COC(=O)Cc2coc3cc4c(cc23)CCC4)c1. The Morgan fingerprint density at radius 2 is 1.90 bits per heavy atom. The summed E-state index contributed by atoms with van der Waals surface area (Å²) in [6.07, 6.45) is 4.87. The number of nitrogens with one attached hydrogen (secondary N) is 1. The fourth-order valence-corrected chi connectivity index (χ4v) is 3.65. The number of hydrogen-bond donors (Lipinski definition) is 1. The number of Topliss-reactive ketones (excluding diaryl/α,β-unsaturated/α-hetero) is 1. The second-order valence-corrected chi connectivity index (χ2v) is 7.25. The molecule has 0 bridgehead atoms. The van der Waals surface area contributed by atoms with E-state index in [-0.39, 0.29) is 12.2 Å². The second-order valence-electron chi connectivity index (χ2n) is 7.25. The van der Waals surface area contributed by atoms with Gasteiger partial charge in [-0.3, -0.25) is 14.4 Å². The van der Waals surface area contributed by atoms with E-state index >= 15 is 0 Å². The molecule has 0 fully saturated rings. The van der Waals surface area contributed by atoms with E-state index in [1.807, 2.05) is 0 Å². The molecule has 0 unspecified atom stereocenters. The highest BCUT2D eigenvalue weighted by Crippen LogP contribution is 2.30. The quantitative estimate of drug-likeness (QED) is 0.510. The van der Waals surface area contributed by atoms with Gasteiger partial charge < -0.3 is 14.5 Å². The first kappa shape index (κ1) is 18.9. The number of ether oxygens (including phenoxy) is 1. The van der Waals surface area contributed by atoms with Gasteiger partial charge in [0.05, 0.1) is 12.7 Å². The van der Waals surface area contributed by atoms with Gasteiger partial charge >= 0.3 is 5.97 Å². The molecule has 2 aromatic carbocycles. The maximum atomic E-state index is 12.2. The van der Waals surface area contributed by atoms with Gasteiger partial charge in [0.2, 0.25) is 0 Å². The number of carbonyl (C=O) groups excluding carboxylic acids is 3. The number of amides is 1. The summed E-state index contributed by atoms with van der Waals surface area (Å²) >= 11 is 0. The highest BCUT2D eigenvalue weighted by molar-refractivity contribution is 5.97. The van der Waals surface area contributed by atoms with E-state index < -0.39 is 18.5 Å². The van der Waals surface area contributed by atoms with Crippen LogP contribution in [0.4, 0.5) is 5.69 Å². The van der Waals surface area contributed by atoms with E-state index in [2.05, 4.69) is 17.4 Å². The minimum absolute atomic E-state index is 0.0406. The predicted octanol–water partition coefficient (Wildman–Crippen LogP) is 3.85. The van der Waals surface area contributed by atoms with Crippen LogP contribution in [0, 0.1) is 0 Å². The van der Waals surface area contributed by atoms with Gasteiger partial charge in [0, 0.05) is 22.2 Å². The summed E-state index contributed by atoms with van der Waals surface area (Å²) in [5.74, 6) is -1.06. The van der Waals surface area contributed by atoms with Crippen LogP contribution in [-0.4, -0.2) is 24.3 Å². The first-order valence-corrected chi connectivity index (χ1v) is 9.58. The average molecular weight is 391 g/mol. The molecule has 4 rings (SSSR count). The lowest BCUT2D eigenvalue weighted by atomic mass is 10.0. The van der Waals surface area contributed by atoms with Gasteiger partial charge in [0.1, 0.15) is 5.58 Å². The number of rotatable bonds is 6. The van der Waals surface area contributed by atoms with Gasteiger partial charge in [0.15, 0.2) is 12.4 Å². The average Bonchev–Trinajstić information content (AvgIpc) is 3.31. The number of fused-ring (bicyclic) bond motifs is 2. The molecule has 0 atom stereocenters. The smallest absolute Gasteiger partial charge is 0.310 e. The second kappa shape index (κ2) is 7.91. The molecule has 1 N–H and O–H groups in total. The third kappa shape index (κ3) is 4.21. The van der Waals surface area contributed by atoms with E-state index in [1.54, 1.807) is 30.5 Å². The van der Waals surface area contributed by atoms with Crippen LogP contribution in [0.15, 0.2) is 47.1 Å². The Hall–Kier alpha value is -3.41. The van der Waals surface area contributed by atoms with E-state index in [0.717, 1.165) is 35.8 Å². The number of furan rings is 1. The van der Waals surface area contributed by atoms with Crippen molar-refractivity contribution in [1.29, 1.82) is 0 Å². The minimum atomic E-state index is -0.499. The Kier molecular flexibility index (Phi) is 5.16. The standard InChI is InChI=1S/C23H21NO5/c1-14(25)15-4-3-7-19(8-15)24-22(26)13-29-23(27)11-18-12-28-21-10-17-6-2-5-16(17)9-20(18)21/h3-4,7-10,12H,2,5-6,11,13H2,1H3,(H,24,26). The molecule has 6 nitrogen and oxygen atoms in total. The van der Waals surface area contributed by atoms with Crippen LogP contribution in [0.25, 0.3) is 11.0 Å². The molecule has 1 aliphatic carbocycles. The molecule has 0 radical (unpaired) electrons. The molecule has 0 aliphatic heterocycles. The highest BCUT2D eigenvalue weighted by Gasteiger charge is 2.17. The molecule has 0 saturated carbocycles. The molecule has 29 heavy (non-hydrogen) atoms. The van der Waals surface area contributed by atoms with Gasteiger partial charge in [-0.1, -0.05) is 12.1 Å². The number of esters is 1. The van der Waals surface area contributed by atoms with Crippen LogP contribution in [0.1, 0.15) is 40.4 Å². The third-order valence-electron chi connectivity index (χ3n) is 5.12. The summed E-state index contributed by atoms with van der Waals surface area (Å²) in [6, 6.07) is 10.7. The van der Waals surface area contributed by atoms with Gasteiger partial charge in [-0.2, -0.15) is 0 Å². The number of hydrogen-bond acceptors (Lipinski definition) is 5. The van der Waals surface area contributed by atoms with Crippen LogP contribution in [0.5, 0.6) is 0 Å². The third-order valence-corrected chi connectivity index (χ3v) is 5.12. The van der Waals surface area contributed by atoms with Crippen LogP contribution in [0.2, 0.25) is 0 Å². The van der Waals surface area contributed by atoms with E-state index in [4.69, 9.17) is 9.15 Å². The van der Waals surface area contributed by atoms with Crippen molar-refractivity contribution >= 4 is 34.3 Å².